The van der Waals surface area contributed by atoms with Crippen LogP contribution in [0.4, 0.5) is 0 Å². The van der Waals surface area contributed by atoms with Gasteiger partial charge < -0.3 is 15.5 Å². The number of nitrogens with one attached hydrogen (secondary N) is 1. The van der Waals surface area contributed by atoms with Crippen LogP contribution >= 0.6 is 0 Å². The van der Waals surface area contributed by atoms with E-state index in [1.165, 1.54) is 6.92 Å². The van der Waals surface area contributed by atoms with Crippen LogP contribution in [0.2, 0.25) is 0 Å². The quantitative estimate of drug-likeness (QED) is 0.435. The van der Waals surface area contributed by atoms with Gasteiger partial charge >= 0.3 is 17.8 Å². The molecule has 6 nitrogen and oxygen atoms in total. The van der Waals surface area contributed by atoms with Crippen molar-refractivity contribution in [3.05, 3.63) is 0 Å². The lowest BCUT2D eigenvalue weighted by Crippen LogP contribution is -2.41. The maximum absolute atomic E-state index is 10.3. The normalized spacial score (nSPS) is 11.7. The molecule has 62 valence electrons. The molecule has 0 aliphatic heterocycles. The molecule has 1 amide bonds. The molecule has 1 atom stereocenters. The van der Waals surface area contributed by atoms with E-state index in [9.17, 15) is 14.4 Å². The fourth-order valence-electron chi connectivity index (χ4n) is 0.320. The van der Waals surface area contributed by atoms with E-state index in [4.69, 9.17) is 10.2 Å². The van der Waals surface area contributed by atoms with Gasteiger partial charge in [-0.25, -0.2) is 4.79 Å². The smallest absolute Gasteiger partial charge is 0.394 e. The van der Waals surface area contributed by atoms with Gasteiger partial charge in [-0.15, -0.1) is 0 Å². The molecular weight excluding hydrogens is 154 g/mol. The molecule has 11 heavy (non-hydrogen) atoms. The first-order valence-corrected chi connectivity index (χ1v) is 2.71. The lowest BCUT2D eigenvalue weighted by Gasteiger charge is -2.04. The fraction of sp³-hybridized carbons (Fsp3) is 0.400. The van der Waals surface area contributed by atoms with Crippen molar-refractivity contribution in [2.24, 2.45) is 0 Å². The zero-order valence-corrected chi connectivity index (χ0v) is 5.70. The number of amides is 1. The van der Waals surface area contributed by atoms with Crippen molar-refractivity contribution in [2.45, 2.75) is 13.0 Å². The molecule has 6 heteroatoms. The summed E-state index contributed by atoms with van der Waals surface area (Å²) in [6, 6.07) is -1.18. The first kappa shape index (κ1) is 9.41. The second kappa shape index (κ2) is 3.55. The van der Waals surface area contributed by atoms with Gasteiger partial charge in [0, 0.05) is 0 Å². The zero-order chi connectivity index (χ0) is 9.02. The first-order chi connectivity index (χ1) is 4.95. The maximum atomic E-state index is 10.3. The Morgan fingerprint density at radius 1 is 1.27 bits per heavy atom. The van der Waals surface area contributed by atoms with Crippen molar-refractivity contribution in [1.29, 1.82) is 0 Å². The van der Waals surface area contributed by atoms with Crippen LogP contribution in [0.5, 0.6) is 0 Å². The molecule has 0 radical (unpaired) electrons. The third-order valence-electron chi connectivity index (χ3n) is 0.912. The Morgan fingerprint density at radius 2 is 1.73 bits per heavy atom. The minimum Gasteiger partial charge on any atom is -0.480 e. The summed E-state index contributed by atoms with van der Waals surface area (Å²) in [6.07, 6.45) is 0. The molecule has 0 aromatic rings. The highest BCUT2D eigenvalue weighted by Crippen LogP contribution is 1.80. The molecule has 0 rings (SSSR count). The van der Waals surface area contributed by atoms with Crippen molar-refractivity contribution in [2.75, 3.05) is 0 Å². The zero-order valence-electron chi connectivity index (χ0n) is 5.70. The molecule has 0 aliphatic rings. The van der Waals surface area contributed by atoms with E-state index in [0.29, 0.717) is 0 Å². The summed E-state index contributed by atoms with van der Waals surface area (Å²) < 4.78 is 0. The number of carbonyl (C=O) groups is 3. The van der Waals surface area contributed by atoms with E-state index in [0.717, 1.165) is 0 Å². The number of carboxylic acids is 2. The molecule has 0 spiro atoms. The van der Waals surface area contributed by atoms with Gasteiger partial charge in [0.1, 0.15) is 6.04 Å². The summed E-state index contributed by atoms with van der Waals surface area (Å²) >= 11 is 0. The average molecular weight is 161 g/mol. The van der Waals surface area contributed by atoms with Gasteiger partial charge in [-0.1, -0.05) is 0 Å². The van der Waals surface area contributed by atoms with Gasteiger partial charge in [-0.05, 0) is 6.92 Å². The van der Waals surface area contributed by atoms with Crippen molar-refractivity contribution < 1.29 is 24.6 Å². The summed E-state index contributed by atoms with van der Waals surface area (Å²) in [4.78, 5) is 30.2. The van der Waals surface area contributed by atoms with E-state index < -0.39 is 23.9 Å². The second-order valence-corrected chi connectivity index (χ2v) is 1.84. The summed E-state index contributed by atoms with van der Waals surface area (Å²) in [5, 5.41) is 18.0. The molecule has 0 saturated heterocycles. The molecular formula is C5H7NO5. The predicted octanol–water partition coefficient (Wildman–Crippen LogP) is -1.34. The van der Waals surface area contributed by atoms with Gasteiger partial charge in [0.05, 0.1) is 0 Å². The van der Waals surface area contributed by atoms with Crippen molar-refractivity contribution in [3.63, 3.8) is 0 Å². The molecule has 0 saturated carbocycles. The van der Waals surface area contributed by atoms with E-state index in [2.05, 4.69) is 0 Å². The Labute approximate surface area is 61.8 Å². The van der Waals surface area contributed by atoms with Gasteiger partial charge in [0.15, 0.2) is 0 Å². The summed E-state index contributed by atoms with van der Waals surface area (Å²) in [5.74, 6) is -4.29. The number of rotatable bonds is 2. The van der Waals surface area contributed by atoms with Crippen LogP contribution < -0.4 is 5.32 Å². The molecule has 3 N–H and O–H groups in total. The molecule has 0 bridgehead atoms. The minimum atomic E-state index is -1.70. The Bertz CT molecular complexity index is 199. The SMILES string of the molecule is CC(NC(=O)C(=O)O)C(=O)O. The highest BCUT2D eigenvalue weighted by Gasteiger charge is 2.18. The number of carboxylic acid groups (broad SMARTS) is 2. The number of carbonyl (C=O) groups excluding carboxylic acids is 1. The lowest BCUT2D eigenvalue weighted by molar-refractivity contribution is -0.151. The Hall–Kier alpha value is -1.59. The summed E-state index contributed by atoms with van der Waals surface area (Å²) in [5.41, 5.74) is 0. The van der Waals surface area contributed by atoms with E-state index in [-0.39, 0.29) is 0 Å². The number of hydrogen-bond acceptors (Lipinski definition) is 3. The third-order valence-corrected chi connectivity index (χ3v) is 0.912. The van der Waals surface area contributed by atoms with Gasteiger partial charge in [0.25, 0.3) is 0 Å². The predicted molar refractivity (Wildman–Crippen MR) is 32.9 cm³/mol. The van der Waals surface area contributed by atoms with Gasteiger partial charge in [0.2, 0.25) is 0 Å². The second-order valence-electron chi connectivity index (χ2n) is 1.84. The van der Waals surface area contributed by atoms with Crippen LogP contribution in [0.1, 0.15) is 6.92 Å². The van der Waals surface area contributed by atoms with Gasteiger partial charge in [-0.3, -0.25) is 9.59 Å². The van der Waals surface area contributed by atoms with Gasteiger partial charge in [-0.2, -0.15) is 0 Å². The van der Waals surface area contributed by atoms with Crippen LogP contribution in [0.3, 0.4) is 0 Å². The standard InChI is InChI=1S/C5H7NO5/c1-2(4(8)9)6-3(7)5(10)11/h2H,1H3,(H,6,7)(H,8,9)(H,10,11). The molecule has 0 fully saturated rings. The largest absolute Gasteiger partial charge is 0.480 e. The highest BCUT2D eigenvalue weighted by atomic mass is 16.4. The van der Waals surface area contributed by atoms with Crippen LogP contribution in [0, 0.1) is 0 Å². The van der Waals surface area contributed by atoms with E-state index in [1.54, 1.807) is 5.32 Å². The molecule has 0 aliphatic carbocycles. The first-order valence-electron chi connectivity index (χ1n) is 2.71. The fourth-order valence-corrected chi connectivity index (χ4v) is 0.320. The van der Waals surface area contributed by atoms with Crippen LogP contribution in [-0.2, 0) is 14.4 Å². The number of hydrogen-bond donors (Lipinski definition) is 3. The molecule has 1 unspecified atom stereocenters. The number of aliphatic carboxylic acids is 2. The topological polar surface area (TPSA) is 104 Å². The highest BCUT2D eigenvalue weighted by molar-refractivity contribution is 6.31. The molecule has 0 heterocycles. The van der Waals surface area contributed by atoms with Crippen molar-refractivity contribution in [3.8, 4) is 0 Å². The molecule has 0 aromatic heterocycles. The monoisotopic (exact) mass is 161 g/mol. The van der Waals surface area contributed by atoms with Crippen molar-refractivity contribution >= 4 is 17.8 Å². The van der Waals surface area contributed by atoms with E-state index >= 15 is 0 Å². The Morgan fingerprint density at radius 3 is 2.00 bits per heavy atom. The van der Waals surface area contributed by atoms with Crippen LogP contribution in [0.25, 0.3) is 0 Å². The average Bonchev–Trinajstić information content (AvgIpc) is 1.87. The minimum absolute atomic E-state index is 1.17. The maximum Gasteiger partial charge on any atom is 0.394 e. The van der Waals surface area contributed by atoms with Crippen molar-refractivity contribution in [1.82, 2.24) is 5.32 Å². The summed E-state index contributed by atoms with van der Waals surface area (Å²) in [7, 11) is 0. The van der Waals surface area contributed by atoms with Crippen LogP contribution in [0.15, 0.2) is 0 Å². The third kappa shape index (κ3) is 3.19. The summed E-state index contributed by atoms with van der Waals surface area (Å²) in [6.45, 7) is 1.17. The van der Waals surface area contributed by atoms with Crippen LogP contribution in [-0.4, -0.2) is 34.1 Å². The lowest BCUT2D eigenvalue weighted by atomic mass is 10.3. The van der Waals surface area contributed by atoms with E-state index in [1.807, 2.05) is 0 Å². The Kier molecular flexibility index (Phi) is 3.03. The Balaban J connectivity index is 3.95. The molecule has 0 aromatic carbocycles.